The van der Waals surface area contributed by atoms with Gasteiger partial charge in [-0.1, -0.05) is 12.1 Å². The number of amides is 1. The van der Waals surface area contributed by atoms with Gasteiger partial charge in [0.25, 0.3) is 0 Å². The van der Waals surface area contributed by atoms with Crippen molar-refractivity contribution in [1.29, 1.82) is 0 Å². The number of para-hydroxylation sites is 2. The summed E-state index contributed by atoms with van der Waals surface area (Å²) in [6.45, 7) is 0. The summed E-state index contributed by atoms with van der Waals surface area (Å²) >= 11 is 0. The maximum atomic E-state index is 10.8. The van der Waals surface area contributed by atoms with E-state index < -0.39 is 6.09 Å². The molecule has 0 spiro atoms. The molecule has 1 aliphatic rings. The highest BCUT2D eigenvalue weighted by atomic mass is 16.5. The number of carboxylic acid groups (broad SMARTS) is 1. The molecule has 1 amide bonds. The van der Waals surface area contributed by atoms with E-state index in [1.165, 1.54) is 7.05 Å². The van der Waals surface area contributed by atoms with E-state index >= 15 is 0 Å². The van der Waals surface area contributed by atoms with E-state index in [0.29, 0.717) is 11.4 Å². The summed E-state index contributed by atoms with van der Waals surface area (Å²) in [5, 5.41) is 8.88. The Kier molecular flexibility index (Phi) is 2.49. The van der Waals surface area contributed by atoms with E-state index in [4.69, 9.17) is 9.84 Å². The maximum absolute atomic E-state index is 10.8. The van der Waals surface area contributed by atoms with E-state index in [2.05, 4.69) is 0 Å². The molecule has 15 heavy (non-hydrogen) atoms. The van der Waals surface area contributed by atoms with Crippen molar-refractivity contribution in [1.82, 2.24) is 0 Å². The predicted molar refractivity (Wildman–Crippen MR) is 56.5 cm³/mol. The lowest BCUT2D eigenvalue weighted by Gasteiger charge is -2.17. The fraction of sp³-hybridized carbons (Fsp3) is 0.364. The third kappa shape index (κ3) is 2.21. The molecular formula is C11H13NO3. The van der Waals surface area contributed by atoms with Crippen molar-refractivity contribution < 1.29 is 14.6 Å². The first-order valence-electron chi connectivity index (χ1n) is 4.91. The molecule has 1 aromatic rings. The molecule has 0 aromatic heterocycles. The van der Waals surface area contributed by atoms with Gasteiger partial charge in [0.05, 0.1) is 11.8 Å². The number of benzene rings is 1. The summed E-state index contributed by atoms with van der Waals surface area (Å²) in [4.78, 5) is 12.0. The Morgan fingerprint density at radius 3 is 2.73 bits per heavy atom. The average Bonchev–Trinajstić information content (AvgIpc) is 3.01. The third-order valence-corrected chi connectivity index (χ3v) is 2.33. The van der Waals surface area contributed by atoms with Crippen LogP contribution in [0.3, 0.4) is 0 Å². The Bertz CT molecular complexity index is 374. The summed E-state index contributed by atoms with van der Waals surface area (Å²) in [5.74, 6) is 0.643. The molecular weight excluding hydrogens is 194 g/mol. The first-order chi connectivity index (χ1) is 7.18. The van der Waals surface area contributed by atoms with Gasteiger partial charge in [-0.25, -0.2) is 4.79 Å². The Morgan fingerprint density at radius 1 is 1.47 bits per heavy atom. The van der Waals surface area contributed by atoms with Gasteiger partial charge in [0.2, 0.25) is 0 Å². The normalized spacial score (nSPS) is 14.7. The van der Waals surface area contributed by atoms with Crippen molar-refractivity contribution in [3.63, 3.8) is 0 Å². The molecule has 0 bridgehead atoms. The van der Waals surface area contributed by atoms with E-state index in [-0.39, 0.29) is 6.10 Å². The third-order valence-electron chi connectivity index (χ3n) is 2.33. The van der Waals surface area contributed by atoms with Crippen molar-refractivity contribution >= 4 is 11.8 Å². The molecule has 4 heteroatoms. The van der Waals surface area contributed by atoms with Gasteiger partial charge in [-0.05, 0) is 25.0 Å². The summed E-state index contributed by atoms with van der Waals surface area (Å²) in [7, 11) is 1.51. The quantitative estimate of drug-likeness (QED) is 0.827. The highest BCUT2D eigenvalue weighted by Gasteiger charge is 2.25. The second-order valence-corrected chi connectivity index (χ2v) is 3.63. The zero-order chi connectivity index (χ0) is 10.8. The summed E-state index contributed by atoms with van der Waals surface area (Å²) in [6, 6.07) is 7.18. The molecule has 1 fully saturated rings. The first kappa shape index (κ1) is 9.83. The Morgan fingerprint density at radius 2 is 2.13 bits per heavy atom. The number of ether oxygens (including phenoxy) is 1. The topological polar surface area (TPSA) is 49.8 Å². The SMILES string of the molecule is CN(C(=O)O)c1ccccc1OC1CC1. The minimum atomic E-state index is -0.984. The van der Waals surface area contributed by atoms with Crippen molar-refractivity contribution in [2.75, 3.05) is 11.9 Å². The zero-order valence-electron chi connectivity index (χ0n) is 8.51. The van der Waals surface area contributed by atoms with Gasteiger partial charge in [0.15, 0.2) is 0 Å². The van der Waals surface area contributed by atoms with Crippen LogP contribution in [0.5, 0.6) is 5.75 Å². The van der Waals surface area contributed by atoms with Crippen LogP contribution in [-0.2, 0) is 0 Å². The molecule has 1 saturated carbocycles. The molecule has 0 unspecified atom stereocenters. The number of hydrogen-bond donors (Lipinski definition) is 1. The lowest BCUT2D eigenvalue weighted by molar-refractivity contribution is 0.203. The number of nitrogens with zero attached hydrogens (tertiary/aromatic N) is 1. The standard InChI is InChI=1S/C11H13NO3/c1-12(11(13)14)9-4-2-3-5-10(9)15-8-6-7-8/h2-5,8H,6-7H2,1H3,(H,13,14). The van der Waals surface area contributed by atoms with Crippen LogP contribution < -0.4 is 9.64 Å². The monoisotopic (exact) mass is 207 g/mol. The van der Waals surface area contributed by atoms with Gasteiger partial charge < -0.3 is 9.84 Å². The zero-order valence-corrected chi connectivity index (χ0v) is 8.51. The fourth-order valence-electron chi connectivity index (χ4n) is 1.30. The van der Waals surface area contributed by atoms with Crippen LogP contribution in [0.4, 0.5) is 10.5 Å². The minimum absolute atomic E-state index is 0.272. The second-order valence-electron chi connectivity index (χ2n) is 3.63. The van der Waals surface area contributed by atoms with E-state index in [1.54, 1.807) is 18.2 Å². The number of anilines is 1. The molecule has 1 aromatic carbocycles. The van der Waals surface area contributed by atoms with Crippen LogP contribution in [0, 0.1) is 0 Å². The smallest absolute Gasteiger partial charge is 0.411 e. The van der Waals surface area contributed by atoms with Crippen molar-refractivity contribution in [2.24, 2.45) is 0 Å². The van der Waals surface area contributed by atoms with Crippen molar-refractivity contribution in [3.05, 3.63) is 24.3 Å². The minimum Gasteiger partial charge on any atom is -0.488 e. The molecule has 80 valence electrons. The number of hydrogen-bond acceptors (Lipinski definition) is 2. The Labute approximate surface area is 88.1 Å². The highest BCUT2D eigenvalue weighted by molar-refractivity contribution is 5.87. The molecule has 1 aliphatic carbocycles. The lowest BCUT2D eigenvalue weighted by atomic mass is 10.3. The molecule has 0 atom stereocenters. The van der Waals surface area contributed by atoms with Crippen LogP contribution in [0.2, 0.25) is 0 Å². The first-order valence-corrected chi connectivity index (χ1v) is 4.91. The van der Waals surface area contributed by atoms with Crippen molar-refractivity contribution in [2.45, 2.75) is 18.9 Å². The van der Waals surface area contributed by atoms with Crippen LogP contribution >= 0.6 is 0 Å². The second kappa shape index (κ2) is 3.81. The Hall–Kier alpha value is -1.71. The highest BCUT2D eigenvalue weighted by Crippen LogP contribution is 2.33. The molecule has 0 saturated heterocycles. The van der Waals surface area contributed by atoms with Crippen LogP contribution in [0.25, 0.3) is 0 Å². The predicted octanol–water partition coefficient (Wildman–Crippen LogP) is 2.34. The van der Waals surface area contributed by atoms with E-state index in [0.717, 1.165) is 17.7 Å². The van der Waals surface area contributed by atoms with E-state index in [9.17, 15) is 4.79 Å². The number of carbonyl (C=O) groups is 1. The van der Waals surface area contributed by atoms with Gasteiger partial charge in [0, 0.05) is 7.05 Å². The molecule has 0 radical (unpaired) electrons. The van der Waals surface area contributed by atoms with Gasteiger partial charge in [-0.2, -0.15) is 0 Å². The molecule has 0 heterocycles. The molecule has 1 N–H and O–H groups in total. The average molecular weight is 207 g/mol. The van der Waals surface area contributed by atoms with Gasteiger partial charge in [-0.3, -0.25) is 4.90 Å². The maximum Gasteiger partial charge on any atom is 0.411 e. The summed E-state index contributed by atoms with van der Waals surface area (Å²) < 4.78 is 5.62. The molecule has 4 nitrogen and oxygen atoms in total. The van der Waals surface area contributed by atoms with Gasteiger partial charge in [-0.15, -0.1) is 0 Å². The van der Waals surface area contributed by atoms with Gasteiger partial charge >= 0.3 is 6.09 Å². The van der Waals surface area contributed by atoms with Crippen LogP contribution in [0.15, 0.2) is 24.3 Å². The number of rotatable bonds is 3. The molecule has 0 aliphatic heterocycles. The molecule has 2 rings (SSSR count). The van der Waals surface area contributed by atoms with E-state index in [1.807, 2.05) is 6.07 Å². The Balaban J connectivity index is 2.23. The largest absolute Gasteiger partial charge is 0.488 e. The summed E-state index contributed by atoms with van der Waals surface area (Å²) in [6.07, 6.45) is 1.41. The van der Waals surface area contributed by atoms with Crippen LogP contribution in [-0.4, -0.2) is 24.4 Å². The van der Waals surface area contributed by atoms with Crippen LogP contribution in [0.1, 0.15) is 12.8 Å². The lowest BCUT2D eigenvalue weighted by Crippen LogP contribution is -2.24. The fourth-order valence-corrected chi connectivity index (χ4v) is 1.30. The van der Waals surface area contributed by atoms with Gasteiger partial charge in [0.1, 0.15) is 5.75 Å². The van der Waals surface area contributed by atoms with Crippen molar-refractivity contribution in [3.8, 4) is 5.75 Å². The summed E-state index contributed by atoms with van der Waals surface area (Å²) in [5.41, 5.74) is 0.594.